The van der Waals surface area contributed by atoms with Crippen LogP contribution in [-0.2, 0) is 17.8 Å². The Morgan fingerprint density at radius 3 is 2.83 bits per heavy atom. The SMILES string of the molecule is NCc1cccc(-c2nc(C(=O)Nc3ccsc3CC(=O)O)c3cccn3n2)c1F. The zero-order valence-corrected chi connectivity index (χ0v) is 16.3. The first-order chi connectivity index (χ1) is 14.5. The number of aromatic nitrogens is 3. The monoisotopic (exact) mass is 425 g/mol. The number of hydrogen-bond acceptors (Lipinski definition) is 6. The summed E-state index contributed by atoms with van der Waals surface area (Å²) < 4.78 is 16.2. The van der Waals surface area contributed by atoms with Crippen molar-refractivity contribution in [2.75, 3.05) is 5.32 Å². The lowest BCUT2D eigenvalue weighted by Crippen LogP contribution is -2.17. The van der Waals surface area contributed by atoms with Crippen molar-refractivity contribution in [2.45, 2.75) is 13.0 Å². The van der Waals surface area contributed by atoms with Gasteiger partial charge in [-0.1, -0.05) is 12.1 Å². The molecule has 152 valence electrons. The van der Waals surface area contributed by atoms with E-state index in [2.05, 4.69) is 15.4 Å². The first kappa shape index (κ1) is 19.7. The zero-order valence-electron chi connectivity index (χ0n) is 15.5. The van der Waals surface area contributed by atoms with Gasteiger partial charge < -0.3 is 16.2 Å². The molecular weight excluding hydrogens is 409 g/mol. The van der Waals surface area contributed by atoms with E-state index in [0.29, 0.717) is 21.6 Å². The Morgan fingerprint density at radius 1 is 1.23 bits per heavy atom. The summed E-state index contributed by atoms with van der Waals surface area (Å²) in [4.78, 5) is 28.8. The van der Waals surface area contributed by atoms with Gasteiger partial charge in [0.05, 0.1) is 23.2 Å². The van der Waals surface area contributed by atoms with E-state index in [1.54, 1.807) is 41.9 Å². The molecule has 0 atom stereocenters. The minimum absolute atomic E-state index is 0.0172. The predicted octanol–water partition coefficient (Wildman–Crippen LogP) is 2.94. The lowest BCUT2D eigenvalue weighted by atomic mass is 10.1. The molecule has 30 heavy (non-hydrogen) atoms. The highest BCUT2D eigenvalue weighted by molar-refractivity contribution is 7.10. The van der Waals surface area contributed by atoms with Crippen LogP contribution in [0, 0.1) is 5.82 Å². The first-order valence-electron chi connectivity index (χ1n) is 8.90. The summed E-state index contributed by atoms with van der Waals surface area (Å²) in [6, 6.07) is 9.72. The van der Waals surface area contributed by atoms with E-state index in [-0.39, 0.29) is 30.0 Å². The van der Waals surface area contributed by atoms with Gasteiger partial charge in [0.1, 0.15) is 5.82 Å². The Morgan fingerprint density at radius 2 is 2.07 bits per heavy atom. The van der Waals surface area contributed by atoms with Crippen molar-refractivity contribution >= 4 is 34.4 Å². The van der Waals surface area contributed by atoms with E-state index < -0.39 is 17.7 Å². The highest BCUT2D eigenvalue weighted by Crippen LogP contribution is 2.26. The van der Waals surface area contributed by atoms with Crippen molar-refractivity contribution in [1.82, 2.24) is 14.6 Å². The molecule has 4 N–H and O–H groups in total. The van der Waals surface area contributed by atoms with Gasteiger partial charge in [-0.2, -0.15) is 0 Å². The summed E-state index contributed by atoms with van der Waals surface area (Å²) >= 11 is 1.23. The molecule has 0 aliphatic rings. The third-order valence-corrected chi connectivity index (χ3v) is 5.37. The lowest BCUT2D eigenvalue weighted by Gasteiger charge is -2.10. The highest BCUT2D eigenvalue weighted by Gasteiger charge is 2.20. The second-order valence-corrected chi connectivity index (χ2v) is 7.39. The molecule has 10 heteroatoms. The van der Waals surface area contributed by atoms with E-state index in [1.165, 1.54) is 21.9 Å². The number of rotatable bonds is 6. The molecule has 0 unspecified atom stereocenters. The van der Waals surface area contributed by atoms with E-state index in [1.807, 2.05) is 0 Å². The molecule has 1 amide bonds. The smallest absolute Gasteiger partial charge is 0.308 e. The van der Waals surface area contributed by atoms with Gasteiger partial charge in [-0.25, -0.2) is 13.9 Å². The Balaban J connectivity index is 1.76. The minimum atomic E-state index is -0.999. The van der Waals surface area contributed by atoms with Gasteiger partial charge in [-0.05, 0) is 29.6 Å². The fraction of sp³-hybridized carbons (Fsp3) is 0.100. The third kappa shape index (κ3) is 3.65. The van der Waals surface area contributed by atoms with Crippen molar-refractivity contribution in [2.24, 2.45) is 5.73 Å². The quantitative estimate of drug-likeness (QED) is 0.437. The zero-order chi connectivity index (χ0) is 21.3. The molecule has 0 aliphatic carbocycles. The van der Waals surface area contributed by atoms with Crippen LogP contribution in [0.4, 0.5) is 10.1 Å². The molecule has 0 saturated carbocycles. The summed E-state index contributed by atoms with van der Waals surface area (Å²) in [5, 5.41) is 17.7. The number of thiophene rings is 1. The summed E-state index contributed by atoms with van der Waals surface area (Å²) in [6.45, 7) is 0.0172. The summed E-state index contributed by atoms with van der Waals surface area (Å²) in [6.07, 6.45) is 1.42. The highest BCUT2D eigenvalue weighted by atomic mass is 32.1. The number of aliphatic carboxylic acids is 1. The van der Waals surface area contributed by atoms with Crippen LogP contribution in [0.5, 0.6) is 0 Å². The van der Waals surface area contributed by atoms with Crippen LogP contribution in [0.1, 0.15) is 20.9 Å². The number of anilines is 1. The van der Waals surface area contributed by atoms with Crippen LogP contribution in [-0.4, -0.2) is 31.6 Å². The van der Waals surface area contributed by atoms with E-state index in [0.717, 1.165) is 0 Å². The molecule has 4 aromatic rings. The van der Waals surface area contributed by atoms with Crippen LogP contribution in [0.2, 0.25) is 0 Å². The molecule has 1 aromatic carbocycles. The van der Waals surface area contributed by atoms with Gasteiger partial charge in [0.2, 0.25) is 0 Å². The number of nitrogens with one attached hydrogen (secondary N) is 1. The second kappa shape index (κ2) is 8.01. The Hall–Kier alpha value is -3.63. The number of halogens is 1. The van der Waals surface area contributed by atoms with Crippen molar-refractivity contribution in [3.05, 3.63) is 69.9 Å². The average molecular weight is 425 g/mol. The molecule has 0 spiro atoms. The van der Waals surface area contributed by atoms with Gasteiger partial charge in [0.25, 0.3) is 5.91 Å². The number of carboxylic acids is 1. The topological polar surface area (TPSA) is 123 Å². The number of benzene rings is 1. The average Bonchev–Trinajstić information content (AvgIpc) is 3.36. The number of carboxylic acid groups (broad SMARTS) is 1. The lowest BCUT2D eigenvalue weighted by molar-refractivity contribution is -0.136. The molecule has 3 heterocycles. The maximum atomic E-state index is 14.8. The minimum Gasteiger partial charge on any atom is -0.481 e. The van der Waals surface area contributed by atoms with Crippen LogP contribution in [0.15, 0.2) is 48.0 Å². The molecule has 0 fully saturated rings. The summed E-state index contributed by atoms with van der Waals surface area (Å²) in [7, 11) is 0. The number of amides is 1. The van der Waals surface area contributed by atoms with Gasteiger partial charge >= 0.3 is 5.97 Å². The van der Waals surface area contributed by atoms with Crippen molar-refractivity contribution in [1.29, 1.82) is 0 Å². The molecule has 3 aromatic heterocycles. The maximum Gasteiger partial charge on any atom is 0.308 e. The van der Waals surface area contributed by atoms with Crippen molar-refractivity contribution < 1.29 is 19.1 Å². The Labute approximate surface area is 173 Å². The Bertz CT molecular complexity index is 1270. The second-order valence-electron chi connectivity index (χ2n) is 6.39. The number of nitrogens with zero attached hydrogens (tertiary/aromatic N) is 3. The van der Waals surface area contributed by atoms with Crippen LogP contribution in [0.3, 0.4) is 0 Å². The van der Waals surface area contributed by atoms with Crippen LogP contribution < -0.4 is 11.1 Å². The fourth-order valence-electron chi connectivity index (χ4n) is 3.03. The van der Waals surface area contributed by atoms with Crippen LogP contribution in [0.25, 0.3) is 16.9 Å². The fourth-order valence-corrected chi connectivity index (χ4v) is 3.85. The number of carbonyl (C=O) groups is 2. The van der Waals surface area contributed by atoms with Gasteiger partial charge in [0, 0.05) is 23.2 Å². The molecule has 0 saturated heterocycles. The standard InChI is InChI=1S/C20H16FN5O3S/c21-17-11(10-22)3-1-4-12(17)19-24-18(14-5-2-7-26(14)25-19)20(29)23-13-6-8-30-15(13)9-16(27)28/h1-8H,9-10,22H2,(H,23,29)(H,27,28). The largest absolute Gasteiger partial charge is 0.481 e. The van der Waals surface area contributed by atoms with Crippen LogP contribution >= 0.6 is 11.3 Å². The van der Waals surface area contributed by atoms with Gasteiger partial charge in [0.15, 0.2) is 11.5 Å². The number of carbonyl (C=O) groups excluding carboxylic acids is 1. The molecule has 0 radical (unpaired) electrons. The third-order valence-electron chi connectivity index (χ3n) is 4.45. The molecule has 0 bridgehead atoms. The van der Waals surface area contributed by atoms with E-state index in [9.17, 15) is 14.0 Å². The summed E-state index contributed by atoms with van der Waals surface area (Å²) in [5.74, 6) is -2.06. The van der Waals surface area contributed by atoms with Crippen molar-refractivity contribution in [3.63, 3.8) is 0 Å². The van der Waals surface area contributed by atoms with Gasteiger partial charge in [-0.15, -0.1) is 16.4 Å². The van der Waals surface area contributed by atoms with E-state index >= 15 is 0 Å². The van der Waals surface area contributed by atoms with E-state index in [4.69, 9.17) is 10.8 Å². The molecule has 0 aliphatic heterocycles. The number of nitrogens with two attached hydrogens (primary N) is 1. The molecular formula is C20H16FN5O3S. The maximum absolute atomic E-state index is 14.8. The first-order valence-corrected chi connectivity index (χ1v) is 9.78. The Kier molecular flexibility index (Phi) is 5.25. The number of fused-ring (bicyclic) bond motifs is 1. The molecule has 8 nitrogen and oxygen atoms in total. The number of hydrogen-bond donors (Lipinski definition) is 3. The summed E-state index contributed by atoms with van der Waals surface area (Å²) in [5.41, 5.74) is 6.89. The van der Waals surface area contributed by atoms with Gasteiger partial charge in [-0.3, -0.25) is 9.59 Å². The predicted molar refractivity (Wildman–Crippen MR) is 110 cm³/mol. The van der Waals surface area contributed by atoms with Crippen molar-refractivity contribution in [3.8, 4) is 11.4 Å². The normalized spacial score (nSPS) is 11.0. The molecule has 4 rings (SSSR count).